The zero-order valence-electron chi connectivity index (χ0n) is 11.8. The molecular weight excluding hydrogens is 262 g/mol. The van der Waals surface area contributed by atoms with Crippen molar-refractivity contribution in [1.82, 2.24) is 10.6 Å². The first-order valence-corrected chi connectivity index (χ1v) is 6.73. The second-order valence-corrected chi connectivity index (χ2v) is 4.79. The first-order chi connectivity index (χ1) is 10.2. The fourth-order valence-corrected chi connectivity index (χ4v) is 1.91. The molecule has 0 aliphatic heterocycles. The molecule has 0 saturated carbocycles. The Kier molecular flexibility index (Phi) is 4.94. The van der Waals surface area contributed by atoms with E-state index >= 15 is 0 Å². The van der Waals surface area contributed by atoms with Gasteiger partial charge < -0.3 is 10.6 Å². The molecule has 21 heavy (non-hydrogen) atoms. The number of urea groups is 1. The maximum absolute atomic E-state index is 11.9. The summed E-state index contributed by atoms with van der Waals surface area (Å²) in [5, 5.41) is 14.6. The Morgan fingerprint density at radius 3 is 2.43 bits per heavy atom. The van der Waals surface area contributed by atoms with E-state index in [1.807, 2.05) is 61.5 Å². The van der Waals surface area contributed by atoms with Gasteiger partial charge in [0.25, 0.3) is 0 Å². The topological polar surface area (TPSA) is 64.9 Å². The third-order valence-electron chi connectivity index (χ3n) is 3.11. The van der Waals surface area contributed by atoms with Crippen molar-refractivity contribution in [3.63, 3.8) is 0 Å². The molecule has 0 heterocycles. The highest BCUT2D eigenvalue weighted by Crippen LogP contribution is 2.12. The summed E-state index contributed by atoms with van der Waals surface area (Å²) in [6.45, 7) is 2.41. The van der Waals surface area contributed by atoms with E-state index in [1.54, 1.807) is 0 Å². The number of nitrogens with one attached hydrogen (secondary N) is 2. The van der Waals surface area contributed by atoms with Gasteiger partial charge in [0, 0.05) is 6.54 Å². The Morgan fingerprint density at radius 2 is 1.81 bits per heavy atom. The van der Waals surface area contributed by atoms with E-state index in [9.17, 15) is 10.1 Å². The standard InChI is InChI=1S/C17H17N3O/c1-13-7-9-15(10-8-13)16(11-18)20-17(21)19-12-14-5-3-2-4-6-14/h2-10,16H,12H2,1H3,(H2,19,20,21). The fourth-order valence-electron chi connectivity index (χ4n) is 1.91. The second-order valence-electron chi connectivity index (χ2n) is 4.79. The number of carbonyl (C=O) groups is 1. The fraction of sp³-hybridized carbons (Fsp3) is 0.176. The molecule has 2 amide bonds. The van der Waals surface area contributed by atoms with Gasteiger partial charge in [-0.15, -0.1) is 0 Å². The van der Waals surface area contributed by atoms with Crippen LogP contribution in [-0.4, -0.2) is 6.03 Å². The van der Waals surface area contributed by atoms with E-state index in [2.05, 4.69) is 16.7 Å². The number of aryl methyl sites for hydroxylation is 1. The largest absolute Gasteiger partial charge is 0.334 e. The van der Waals surface area contributed by atoms with Crippen molar-refractivity contribution in [3.05, 3.63) is 71.3 Å². The number of rotatable bonds is 4. The molecule has 0 fully saturated rings. The predicted octanol–water partition coefficient (Wildman–Crippen LogP) is 3.06. The van der Waals surface area contributed by atoms with Crippen LogP contribution >= 0.6 is 0 Å². The highest BCUT2D eigenvalue weighted by molar-refractivity contribution is 5.74. The minimum Gasteiger partial charge on any atom is -0.334 e. The number of hydrogen-bond acceptors (Lipinski definition) is 2. The highest BCUT2D eigenvalue weighted by Gasteiger charge is 2.13. The van der Waals surface area contributed by atoms with Crippen LogP contribution in [0.3, 0.4) is 0 Å². The van der Waals surface area contributed by atoms with E-state index < -0.39 is 6.04 Å². The van der Waals surface area contributed by atoms with Gasteiger partial charge in [0.2, 0.25) is 0 Å². The van der Waals surface area contributed by atoms with Crippen molar-refractivity contribution in [2.24, 2.45) is 0 Å². The summed E-state index contributed by atoms with van der Waals surface area (Å²) in [7, 11) is 0. The van der Waals surface area contributed by atoms with Crippen LogP contribution in [0.5, 0.6) is 0 Å². The normalized spacial score (nSPS) is 11.2. The van der Waals surface area contributed by atoms with Crippen molar-refractivity contribution in [2.75, 3.05) is 0 Å². The van der Waals surface area contributed by atoms with Crippen molar-refractivity contribution < 1.29 is 4.79 Å². The zero-order chi connectivity index (χ0) is 15.1. The molecule has 2 N–H and O–H groups in total. The van der Waals surface area contributed by atoms with E-state index in [0.717, 1.165) is 16.7 Å². The summed E-state index contributed by atoms with van der Waals surface area (Å²) in [4.78, 5) is 11.9. The van der Waals surface area contributed by atoms with Crippen molar-refractivity contribution in [2.45, 2.75) is 19.5 Å². The summed E-state index contributed by atoms with van der Waals surface area (Å²) in [5.74, 6) is 0. The molecule has 0 aliphatic rings. The van der Waals surface area contributed by atoms with Crippen LogP contribution < -0.4 is 10.6 Å². The summed E-state index contributed by atoms with van der Waals surface area (Å²) in [5.41, 5.74) is 2.90. The smallest absolute Gasteiger partial charge is 0.316 e. The lowest BCUT2D eigenvalue weighted by Crippen LogP contribution is -2.37. The zero-order valence-corrected chi connectivity index (χ0v) is 11.8. The average molecular weight is 279 g/mol. The number of nitriles is 1. The third-order valence-corrected chi connectivity index (χ3v) is 3.11. The molecule has 2 rings (SSSR count). The Morgan fingerprint density at radius 1 is 1.14 bits per heavy atom. The molecule has 0 aromatic heterocycles. The van der Waals surface area contributed by atoms with Crippen LogP contribution in [0.4, 0.5) is 4.79 Å². The van der Waals surface area contributed by atoms with Gasteiger partial charge in [-0.05, 0) is 18.1 Å². The van der Waals surface area contributed by atoms with Crippen molar-refractivity contribution in [3.8, 4) is 6.07 Å². The van der Waals surface area contributed by atoms with Crippen LogP contribution in [0.25, 0.3) is 0 Å². The van der Waals surface area contributed by atoms with Gasteiger partial charge >= 0.3 is 6.03 Å². The number of amides is 2. The lowest BCUT2D eigenvalue weighted by atomic mass is 10.1. The van der Waals surface area contributed by atoms with Crippen LogP contribution in [0.2, 0.25) is 0 Å². The van der Waals surface area contributed by atoms with Crippen LogP contribution in [0.15, 0.2) is 54.6 Å². The number of benzene rings is 2. The Labute approximate surface area is 124 Å². The highest BCUT2D eigenvalue weighted by atomic mass is 16.2. The van der Waals surface area contributed by atoms with Gasteiger partial charge in [-0.25, -0.2) is 4.79 Å². The predicted molar refractivity (Wildman–Crippen MR) is 81.3 cm³/mol. The molecule has 0 bridgehead atoms. The molecule has 0 radical (unpaired) electrons. The Hall–Kier alpha value is -2.80. The molecule has 0 spiro atoms. The molecule has 2 aromatic rings. The van der Waals surface area contributed by atoms with Crippen LogP contribution in [0.1, 0.15) is 22.7 Å². The number of carbonyl (C=O) groups excluding carboxylic acids is 1. The van der Waals surface area contributed by atoms with E-state index in [0.29, 0.717) is 6.54 Å². The maximum atomic E-state index is 11.9. The molecule has 1 atom stereocenters. The lowest BCUT2D eigenvalue weighted by Gasteiger charge is -2.13. The molecule has 106 valence electrons. The third kappa shape index (κ3) is 4.36. The Balaban J connectivity index is 1.91. The lowest BCUT2D eigenvalue weighted by molar-refractivity contribution is 0.239. The van der Waals surface area contributed by atoms with E-state index in [4.69, 9.17) is 0 Å². The monoisotopic (exact) mass is 279 g/mol. The van der Waals surface area contributed by atoms with Gasteiger partial charge in [0.05, 0.1) is 6.07 Å². The quantitative estimate of drug-likeness (QED) is 0.903. The molecule has 4 heteroatoms. The van der Waals surface area contributed by atoms with Gasteiger partial charge in [-0.2, -0.15) is 5.26 Å². The first kappa shape index (κ1) is 14.6. The Bertz CT molecular complexity index is 629. The molecule has 1 unspecified atom stereocenters. The van der Waals surface area contributed by atoms with E-state index in [-0.39, 0.29) is 6.03 Å². The van der Waals surface area contributed by atoms with E-state index in [1.165, 1.54) is 0 Å². The number of hydrogen-bond donors (Lipinski definition) is 2. The van der Waals surface area contributed by atoms with Gasteiger partial charge in [0.15, 0.2) is 0 Å². The first-order valence-electron chi connectivity index (χ1n) is 6.73. The maximum Gasteiger partial charge on any atom is 0.316 e. The molecular formula is C17H17N3O. The summed E-state index contributed by atoms with van der Waals surface area (Å²) in [6.07, 6.45) is 0. The minimum atomic E-state index is -0.652. The molecule has 2 aromatic carbocycles. The van der Waals surface area contributed by atoms with Crippen LogP contribution in [0, 0.1) is 18.3 Å². The molecule has 0 aliphatic carbocycles. The van der Waals surface area contributed by atoms with Gasteiger partial charge in [-0.3, -0.25) is 0 Å². The average Bonchev–Trinajstić information content (AvgIpc) is 2.52. The van der Waals surface area contributed by atoms with Crippen molar-refractivity contribution in [1.29, 1.82) is 5.26 Å². The van der Waals surface area contributed by atoms with Gasteiger partial charge in [0.1, 0.15) is 6.04 Å². The summed E-state index contributed by atoms with van der Waals surface area (Å²) in [6, 6.07) is 18.2. The summed E-state index contributed by atoms with van der Waals surface area (Å²) < 4.78 is 0. The van der Waals surface area contributed by atoms with Gasteiger partial charge in [-0.1, -0.05) is 60.2 Å². The number of nitrogens with zero attached hydrogens (tertiary/aromatic N) is 1. The second kappa shape index (κ2) is 7.11. The van der Waals surface area contributed by atoms with Crippen molar-refractivity contribution >= 4 is 6.03 Å². The molecule has 0 saturated heterocycles. The van der Waals surface area contributed by atoms with Crippen LogP contribution in [-0.2, 0) is 6.54 Å². The molecule has 4 nitrogen and oxygen atoms in total. The SMILES string of the molecule is Cc1ccc(C(C#N)NC(=O)NCc2ccccc2)cc1. The minimum absolute atomic E-state index is 0.356. The summed E-state index contributed by atoms with van der Waals surface area (Å²) >= 11 is 0.